The highest BCUT2D eigenvalue weighted by atomic mass is 35.5. The first-order valence-electron chi connectivity index (χ1n) is 5.22. The summed E-state index contributed by atoms with van der Waals surface area (Å²) in [7, 11) is 0. The number of halogens is 2. The Bertz CT molecular complexity index is 481. The molecule has 90 valence electrons. The summed E-state index contributed by atoms with van der Waals surface area (Å²) in [6, 6.07) is -0.284. The van der Waals surface area contributed by atoms with Crippen molar-refractivity contribution in [2.45, 2.75) is 39.2 Å². The van der Waals surface area contributed by atoms with Gasteiger partial charge in [-0.05, 0) is 12.8 Å². The van der Waals surface area contributed by atoms with E-state index in [2.05, 4.69) is 4.98 Å². The number of nitrogens with one attached hydrogen (secondary N) is 1. The van der Waals surface area contributed by atoms with Crippen molar-refractivity contribution in [1.82, 2.24) is 9.55 Å². The van der Waals surface area contributed by atoms with Gasteiger partial charge >= 0.3 is 5.69 Å². The molecule has 0 aromatic carbocycles. The normalized spacial score (nSPS) is 12.8. The molecule has 0 spiro atoms. The highest BCUT2D eigenvalue weighted by molar-refractivity contribution is 6.29. The first-order chi connectivity index (χ1) is 7.52. The van der Waals surface area contributed by atoms with Crippen molar-refractivity contribution < 1.29 is 4.39 Å². The van der Waals surface area contributed by atoms with Gasteiger partial charge in [0.15, 0.2) is 5.15 Å². The van der Waals surface area contributed by atoms with Gasteiger partial charge in [0.2, 0.25) is 5.82 Å². The van der Waals surface area contributed by atoms with E-state index in [1.807, 2.05) is 13.8 Å². The van der Waals surface area contributed by atoms with Crippen LogP contribution in [-0.2, 0) is 0 Å². The molecule has 0 saturated heterocycles. The van der Waals surface area contributed by atoms with Crippen molar-refractivity contribution >= 4 is 11.6 Å². The second kappa shape index (κ2) is 5.30. The van der Waals surface area contributed by atoms with Crippen molar-refractivity contribution in [3.05, 3.63) is 31.8 Å². The molecule has 0 radical (unpaired) electrons. The van der Waals surface area contributed by atoms with Crippen LogP contribution in [0, 0.1) is 5.82 Å². The Labute approximate surface area is 97.1 Å². The summed E-state index contributed by atoms with van der Waals surface area (Å²) < 4.78 is 14.2. The lowest BCUT2D eigenvalue weighted by molar-refractivity contribution is 0.403. The molecule has 0 aliphatic heterocycles. The van der Waals surface area contributed by atoms with E-state index >= 15 is 0 Å². The molecule has 0 saturated carbocycles. The van der Waals surface area contributed by atoms with Gasteiger partial charge in [-0.25, -0.2) is 4.79 Å². The molecule has 1 N–H and O–H groups in total. The zero-order chi connectivity index (χ0) is 12.3. The van der Waals surface area contributed by atoms with Crippen LogP contribution in [0.3, 0.4) is 0 Å². The SMILES string of the molecule is CCCC(CC)n1c(=O)[nH]c(Cl)c(F)c1=O. The Morgan fingerprint density at radius 3 is 2.56 bits per heavy atom. The topological polar surface area (TPSA) is 54.9 Å². The van der Waals surface area contributed by atoms with Crippen molar-refractivity contribution in [3.8, 4) is 0 Å². The summed E-state index contributed by atoms with van der Waals surface area (Å²) in [4.78, 5) is 25.2. The maximum absolute atomic E-state index is 13.3. The summed E-state index contributed by atoms with van der Waals surface area (Å²) in [5.74, 6) is -1.10. The third kappa shape index (κ3) is 2.35. The van der Waals surface area contributed by atoms with Crippen LogP contribution >= 0.6 is 11.6 Å². The minimum absolute atomic E-state index is 0.284. The van der Waals surface area contributed by atoms with E-state index < -0.39 is 22.2 Å². The van der Waals surface area contributed by atoms with E-state index in [1.54, 1.807) is 0 Å². The van der Waals surface area contributed by atoms with Gasteiger partial charge in [-0.2, -0.15) is 4.39 Å². The van der Waals surface area contributed by atoms with Crippen LogP contribution < -0.4 is 11.2 Å². The van der Waals surface area contributed by atoms with Crippen LogP contribution in [0.1, 0.15) is 39.2 Å². The summed E-state index contributed by atoms with van der Waals surface area (Å²) in [6.45, 7) is 3.78. The van der Waals surface area contributed by atoms with Gasteiger partial charge in [0, 0.05) is 6.04 Å². The van der Waals surface area contributed by atoms with Gasteiger partial charge in [0.25, 0.3) is 5.56 Å². The summed E-state index contributed by atoms with van der Waals surface area (Å²) in [6.07, 6.45) is 2.06. The summed E-state index contributed by atoms with van der Waals surface area (Å²) >= 11 is 5.37. The van der Waals surface area contributed by atoms with E-state index in [4.69, 9.17) is 11.6 Å². The van der Waals surface area contributed by atoms with Crippen molar-refractivity contribution in [3.63, 3.8) is 0 Å². The van der Waals surface area contributed by atoms with E-state index in [0.717, 1.165) is 11.0 Å². The number of aromatic nitrogens is 2. The maximum Gasteiger partial charge on any atom is 0.329 e. The molecular formula is C10H14ClFN2O2. The second-order valence-electron chi connectivity index (χ2n) is 3.58. The zero-order valence-corrected chi connectivity index (χ0v) is 9.97. The maximum atomic E-state index is 13.3. The van der Waals surface area contributed by atoms with Gasteiger partial charge in [-0.3, -0.25) is 14.3 Å². The van der Waals surface area contributed by atoms with Crippen molar-refractivity contribution in [2.75, 3.05) is 0 Å². The third-order valence-electron chi connectivity index (χ3n) is 2.49. The fourth-order valence-electron chi connectivity index (χ4n) is 1.68. The first kappa shape index (κ1) is 13.0. The lowest BCUT2D eigenvalue weighted by Crippen LogP contribution is -2.39. The first-order valence-corrected chi connectivity index (χ1v) is 5.60. The summed E-state index contributed by atoms with van der Waals surface area (Å²) in [5, 5.41) is -0.530. The fraction of sp³-hybridized carbons (Fsp3) is 0.600. The largest absolute Gasteiger partial charge is 0.329 e. The van der Waals surface area contributed by atoms with Crippen LogP contribution in [0.2, 0.25) is 5.15 Å². The Morgan fingerprint density at radius 2 is 2.06 bits per heavy atom. The van der Waals surface area contributed by atoms with E-state index in [-0.39, 0.29) is 6.04 Å². The molecule has 1 atom stereocenters. The minimum Gasteiger partial charge on any atom is -0.295 e. The Hall–Kier alpha value is -1.10. The number of H-pyrrole nitrogens is 1. The molecule has 0 amide bonds. The molecule has 1 aromatic heterocycles. The standard InChI is InChI=1S/C10H14ClFN2O2/c1-3-5-6(4-2)14-9(15)7(12)8(11)13-10(14)16/h6H,3-5H2,1-2H3,(H,13,16). The number of nitrogens with zero attached hydrogens (tertiary/aromatic N) is 1. The molecule has 1 aromatic rings. The van der Waals surface area contributed by atoms with E-state index in [1.165, 1.54) is 0 Å². The molecule has 0 fully saturated rings. The highest BCUT2D eigenvalue weighted by Crippen LogP contribution is 2.14. The quantitative estimate of drug-likeness (QED) is 0.830. The van der Waals surface area contributed by atoms with Gasteiger partial charge in [-0.15, -0.1) is 0 Å². The second-order valence-corrected chi connectivity index (χ2v) is 3.96. The molecule has 6 heteroatoms. The Balaban J connectivity index is 3.38. The van der Waals surface area contributed by atoms with Crippen molar-refractivity contribution in [2.24, 2.45) is 0 Å². The lowest BCUT2D eigenvalue weighted by atomic mass is 10.1. The number of rotatable bonds is 4. The monoisotopic (exact) mass is 248 g/mol. The molecule has 1 unspecified atom stereocenters. The Kier molecular flexibility index (Phi) is 4.29. The number of hydrogen-bond donors (Lipinski definition) is 1. The van der Waals surface area contributed by atoms with Crippen LogP contribution in [0.25, 0.3) is 0 Å². The van der Waals surface area contributed by atoms with Gasteiger partial charge in [-0.1, -0.05) is 31.9 Å². The molecule has 0 aliphatic carbocycles. The zero-order valence-electron chi connectivity index (χ0n) is 9.22. The molecule has 4 nitrogen and oxygen atoms in total. The van der Waals surface area contributed by atoms with Gasteiger partial charge < -0.3 is 0 Å². The van der Waals surface area contributed by atoms with Crippen LogP contribution in [0.15, 0.2) is 9.59 Å². The predicted molar refractivity (Wildman–Crippen MR) is 60.5 cm³/mol. The van der Waals surface area contributed by atoms with Crippen LogP contribution in [0.4, 0.5) is 4.39 Å². The fourth-order valence-corrected chi connectivity index (χ4v) is 1.84. The predicted octanol–water partition coefficient (Wildman–Crippen LogP) is 2.08. The molecule has 1 rings (SSSR count). The smallest absolute Gasteiger partial charge is 0.295 e. The minimum atomic E-state index is -1.10. The molecule has 0 bridgehead atoms. The molecular weight excluding hydrogens is 235 g/mol. The third-order valence-corrected chi connectivity index (χ3v) is 2.75. The molecule has 1 heterocycles. The van der Waals surface area contributed by atoms with Gasteiger partial charge in [0.1, 0.15) is 0 Å². The van der Waals surface area contributed by atoms with E-state index in [0.29, 0.717) is 12.8 Å². The number of aromatic amines is 1. The van der Waals surface area contributed by atoms with Crippen LogP contribution in [0.5, 0.6) is 0 Å². The Morgan fingerprint density at radius 1 is 1.44 bits per heavy atom. The average molecular weight is 249 g/mol. The number of hydrogen-bond acceptors (Lipinski definition) is 2. The highest BCUT2D eigenvalue weighted by Gasteiger charge is 2.17. The van der Waals surface area contributed by atoms with Gasteiger partial charge in [0.05, 0.1) is 0 Å². The average Bonchev–Trinajstić information content (AvgIpc) is 2.25. The van der Waals surface area contributed by atoms with E-state index in [9.17, 15) is 14.0 Å². The lowest BCUT2D eigenvalue weighted by Gasteiger charge is -2.16. The van der Waals surface area contributed by atoms with Crippen LogP contribution in [-0.4, -0.2) is 9.55 Å². The van der Waals surface area contributed by atoms with Crippen molar-refractivity contribution in [1.29, 1.82) is 0 Å². The molecule has 16 heavy (non-hydrogen) atoms. The molecule has 0 aliphatic rings. The summed E-state index contributed by atoms with van der Waals surface area (Å²) in [5.41, 5.74) is -1.61.